The van der Waals surface area contributed by atoms with Gasteiger partial charge >= 0.3 is 0 Å². The minimum Gasteiger partial charge on any atom is -0.391 e. The van der Waals surface area contributed by atoms with E-state index in [0.717, 1.165) is 0 Å². The number of nitrogen functional groups attached to an aromatic ring is 1. The normalized spacial score (nSPS) is 11.4. The Morgan fingerprint density at radius 2 is 2.27 bits per heavy atom. The SMILES string of the molecule is CC(C)(CN)CNc1nc[nH]c(=O)c1N. The van der Waals surface area contributed by atoms with E-state index in [1.165, 1.54) is 6.33 Å². The van der Waals surface area contributed by atoms with Crippen LogP contribution in [0.5, 0.6) is 0 Å². The van der Waals surface area contributed by atoms with Crippen molar-refractivity contribution in [2.24, 2.45) is 11.1 Å². The van der Waals surface area contributed by atoms with Gasteiger partial charge in [0.05, 0.1) is 6.33 Å². The van der Waals surface area contributed by atoms with Crippen molar-refractivity contribution in [3.8, 4) is 0 Å². The number of aromatic nitrogens is 2. The van der Waals surface area contributed by atoms with Gasteiger partial charge < -0.3 is 21.8 Å². The zero-order chi connectivity index (χ0) is 11.5. The molecule has 0 amide bonds. The van der Waals surface area contributed by atoms with E-state index in [9.17, 15) is 4.79 Å². The van der Waals surface area contributed by atoms with Crippen LogP contribution in [0.1, 0.15) is 13.8 Å². The molecule has 1 aromatic heterocycles. The van der Waals surface area contributed by atoms with Crippen molar-refractivity contribution in [2.75, 3.05) is 24.1 Å². The van der Waals surface area contributed by atoms with Crippen molar-refractivity contribution in [3.05, 3.63) is 16.7 Å². The summed E-state index contributed by atoms with van der Waals surface area (Å²) >= 11 is 0. The smallest absolute Gasteiger partial charge is 0.276 e. The van der Waals surface area contributed by atoms with Crippen molar-refractivity contribution in [3.63, 3.8) is 0 Å². The number of hydrogen-bond acceptors (Lipinski definition) is 5. The van der Waals surface area contributed by atoms with Crippen LogP contribution in [0.3, 0.4) is 0 Å². The average molecular weight is 211 g/mol. The first kappa shape index (κ1) is 11.5. The fourth-order valence-corrected chi connectivity index (χ4v) is 0.946. The molecule has 0 radical (unpaired) electrons. The lowest BCUT2D eigenvalue weighted by Crippen LogP contribution is -2.32. The maximum atomic E-state index is 11.1. The highest BCUT2D eigenvalue weighted by Crippen LogP contribution is 2.15. The quantitative estimate of drug-likeness (QED) is 0.549. The van der Waals surface area contributed by atoms with E-state index >= 15 is 0 Å². The molecule has 0 atom stereocenters. The van der Waals surface area contributed by atoms with Crippen LogP contribution in [0.4, 0.5) is 11.5 Å². The van der Waals surface area contributed by atoms with Crippen LogP contribution in [0.25, 0.3) is 0 Å². The molecular formula is C9H17N5O. The third kappa shape index (κ3) is 2.95. The van der Waals surface area contributed by atoms with E-state index in [1.807, 2.05) is 13.8 Å². The van der Waals surface area contributed by atoms with Crippen molar-refractivity contribution < 1.29 is 0 Å². The van der Waals surface area contributed by atoms with E-state index in [-0.39, 0.29) is 16.7 Å². The summed E-state index contributed by atoms with van der Waals surface area (Å²) in [6, 6.07) is 0. The Kier molecular flexibility index (Phi) is 3.31. The lowest BCUT2D eigenvalue weighted by molar-refractivity contribution is 0.405. The molecule has 6 N–H and O–H groups in total. The monoisotopic (exact) mass is 211 g/mol. The Labute approximate surface area is 88.1 Å². The summed E-state index contributed by atoms with van der Waals surface area (Å²) in [5, 5.41) is 3.01. The van der Waals surface area contributed by atoms with Gasteiger partial charge in [-0.1, -0.05) is 13.8 Å². The van der Waals surface area contributed by atoms with Crippen molar-refractivity contribution in [1.29, 1.82) is 0 Å². The number of anilines is 2. The molecule has 0 saturated heterocycles. The summed E-state index contributed by atoms with van der Waals surface area (Å²) in [6.07, 6.45) is 1.32. The summed E-state index contributed by atoms with van der Waals surface area (Å²) in [7, 11) is 0. The van der Waals surface area contributed by atoms with Gasteiger partial charge in [-0.3, -0.25) is 4.79 Å². The van der Waals surface area contributed by atoms with Crippen LogP contribution in [-0.4, -0.2) is 23.1 Å². The molecule has 0 aromatic carbocycles. The summed E-state index contributed by atoms with van der Waals surface area (Å²) < 4.78 is 0. The minimum atomic E-state index is -0.335. The van der Waals surface area contributed by atoms with Gasteiger partial charge in [0.1, 0.15) is 5.69 Å². The number of nitrogens with zero attached hydrogens (tertiary/aromatic N) is 1. The molecule has 1 heterocycles. The lowest BCUT2D eigenvalue weighted by atomic mass is 9.94. The fraction of sp³-hybridized carbons (Fsp3) is 0.556. The second-order valence-corrected chi connectivity index (χ2v) is 4.22. The molecule has 0 saturated carbocycles. The van der Waals surface area contributed by atoms with Crippen molar-refractivity contribution in [1.82, 2.24) is 9.97 Å². The first-order chi connectivity index (χ1) is 6.96. The molecule has 15 heavy (non-hydrogen) atoms. The molecule has 0 fully saturated rings. The molecule has 0 spiro atoms. The highest BCUT2D eigenvalue weighted by Gasteiger charge is 2.16. The van der Waals surface area contributed by atoms with E-state index in [0.29, 0.717) is 18.9 Å². The molecule has 0 bridgehead atoms. The number of aromatic amines is 1. The summed E-state index contributed by atoms with van der Waals surface area (Å²) in [4.78, 5) is 17.5. The number of rotatable bonds is 4. The second kappa shape index (κ2) is 4.31. The zero-order valence-corrected chi connectivity index (χ0v) is 9.00. The van der Waals surface area contributed by atoms with E-state index in [2.05, 4.69) is 15.3 Å². The Balaban J connectivity index is 2.74. The molecule has 6 nitrogen and oxygen atoms in total. The number of H-pyrrole nitrogens is 1. The molecule has 0 aliphatic heterocycles. The zero-order valence-electron chi connectivity index (χ0n) is 9.00. The van der Waals surface area contributed by atoms with Crippen LogP contribution >= 0.6 is 0 Å². The second-order valence-electron chi connectivity index (χ2n) is 4.22. The predicted molar refractivity (Wildman–Crippen MR) is 60.6 cm³/mol. The van der Waals surface area contributed by atoms with Gasteiger partial charge in [-0.2, -0.15) is 0 Å². The van der Waals surface area contributed by atoms with Gasteiger partial charge in [0.15, 0.2) is 5.82 Å². The van der Waals surface area contributed by atoms with E-state index in [4.69, 9.17) is 11.5 Å². The highest BCUT2D eigenvalue weighted by molar-refractivity contribution is 5.58. The predicted octanol–water partition coefficient (Wildman–Crippen LogP) is -0.251. The highest BCUT2D eigenvalue weighted by atomic mass is 16.1. The molecule has 6 heteroatoms. The van der Waals surface area contributed by atoms with Gasteiger partial charge in [0.2, 0.25) is 0 Å². The lowest BCUT2D eigenvalue weighted by Gasteiger charge is -2.23. The number of nitrogens with one attached hydrogen (secondary N) is 2. The fourth-order valence-electron chi connectivity index (χ4n) is 0.946. The average Bonchev–Trinajstić information content (AvgIpc) is 2.20. The summed E-state index contributed by atoms with van der Waals surface area (Å²) in [6.45, 7) is 5.19. The Morgan fingerprint density at radius 3 is 2.87 bits per heavy atom. The first-order valence-corrected chi connectivity index (χ1v) is 4.73. The molecular weight excluding hydrogens is 194 g/mol. The molecule has 1 aromatic rings. The molecule has 0 unspecified atom stereocenters. The standard InChI is InChI=1S/C9H17N5O/c1-9(2,3-10)4-12-7-6(11)8(15)14-5-13-7/h5H,3-4,10-11H2,1-2H3,(H2,12,13,14,15). The Morgan fingerprint density at radius 1 is 1.60 bits per heavy atom. The van der Waals surface area contributed by atoms with E-state index in [1.54, 1.807) is 0 Å². The van der Waals surface area contributed by atoms with Crippen LogP contribution in [0, 0.1) is 5.41 Å². The van der Waals surface area contributed by atoms with Gasteiger partial charge in [-0.15, -0.1) is 0 Å². The third-order valence-corrected chi connectivity index (χ3v) is 2.18. The van der Waals surface area contributed by atoms with Crippen LogP contribution in [0.15, 0.2) is 11.1 Å². The van der Waals surface area contributed by atoms with Gasteiger partial charge in [-0.05, 0) is 12.0 Å². The summed E-state index contributed by atoms with van der Waals surface area (Å²) in [5.41, 5.74) is 10.8. The van der Waals surface area contributed by atoms with Crippen molar-refractivity contribution in [2.45, 2.75) is 13.8 Å². The van der Waals surface area contributed by atoms with Gasteiger partial charge in [0, 0.05) is 6.54 Å². The van der Waals surface area contributed by atoms with Gasteiger partial charge in [0.25, 0.3) is 5.56 Å². The largest absolute Gasteiger partial charge is 0.391 e. The number of hydrogen-bond donors (Lipinski definition) is 4. The van der Waals surface area contributed by atoms with Crippen LogP contribution < -0.4 is 22.3 Å². The van der Waals surface area contributed by atoms with Gasteiger partial charge in [-0.25, -0.2) is 4.98 Å². The van der Waals surface area contributed by atoms with Crippen molar-refractivity contribution >= 4 is 11.5 Å². The number of nitrogens with two attached hydrogens (primary N) is 2. The molecule has 1 rings (SSSR count). The topological polar surface area (TPSA) is 110 Å². The third-order valence-electron chi connectivity index (χ3n) is 2.18. The molecule has 0 aliphatic rings. The minimum absolute atomic E-state index is 0.0588. The van der Waals surface area contributed by atoms with Crippen LogP contribution in [-0.2, 0) is 0 Å². The maximum Gasteiger partial charge on any atom is 0.276 e. The Bertz CT molecular complexity index is 384. The van der Waals surface area contributed by atoms with E-state index < -0.39 is 0 Å². The first-order valence-electron chi connectivity index (χ1n) is 4.73. The maximum absolute atomic E-state index is 11.1. The van der Waals surface area contributed by atoms with Crippen LogP contribution in [0.2, 0.25) is 0 Å². The Hall–Kier alpha value is -1.56. The summed E-state index contributed by atoms with van der Waals surface area (Å²) in [5.74, 6) is 0.403. The molecule has 0 aliphatic carbocycles. The molecule has 84 valence electrons.